The minimum absolute atomic E-state index is 0.0278. The minimum atomic E-state index is -1.29. The molecule has 0 amide bonds. The van der Waals surface area contributed by atoms with Crippen molar-refractivity contribution in [1.82, 2.24) is 19.6 Å². The fraction of sp³-hybridized carbons (Fsp3) is 0.520. The number of benzene rings is 1. The Kier molecular flexibility index (Phi) is 15.5. The third-order valence-corrected chi connectivity index (χ3v) is 6.01. The Balaban J connectivity index is 3.18. The smallest absolute Gasteiger partial charge is 0.317 e. The number of hydrogen-bond acceptors (Lipinski definition) is 11. The highest BCUT2D eigenvalue weighted by Gasteiger charge is 2.27. The van der Waals surface area contributed by atoms with Crippen LogP contribution in [-0.4, -0.2) is 164 Å². The number of anilines is 1. The predicted molar refractivity (Wildman–Crippen MR) is 145 cm³/mol. The SMILES string of the molecule is Nc1ccc(C[C@@H](CN(CCN(CCN(CC(=O)O)CC(=O)O)CC(=O)O)CC(=O)O)N(CC(=O)O)CC(=O)O)cc1. The van der Waals surface area contributed by atoms with Crippen molar-refractivity contribution in [2.24, 2.45) is 0 Å². The second kappa shape index (κ2) is 18.2. The van der Waals surface area contributed by atoms with E-state index in [-0.39, 0.29) is 39.1 Å². The van der Waals surface area contributed by atoms with Crippen LogP contribution in [0, 0.1) is 0 Å². The third kappa shape index (κ3) is 16.1. The zero-order chi connectivity index (χ0) is 31.8. The molecule has 1 atom stereocenters. The highest BCUT2D eigenvalue weighted by Crippen LogP contribution is 2.14. The van der Waals surface area contributed by atoms with E-state index in [0.29, 0.717) is 11.3 Å². The summed E-state index contributed by atoms with van der Waals surface area (Å²) in [6, 6.07) is 5.80. The van der Waals surface area contributed by atoms with Crippen molar-refractivity contribution < 1.29 is 59.4 Å². The third-order valence-electron chi connectivity index (χ3n) is 6.01. The fourth-order valence-corrected chi connectivity index (χ4v) is 4.24. The van der Waals surface area contributed by atoms with Crippen LogP contribution in [0.3, 0.4) is 0 Å². The van der Waals surface area contributed by atoms with Crippen LogP contribution in [0.5, 0.6) is 0 Å². The van der Waals surface area contributed by atoms with Crippen LogP contribution in [0.2, 0.25) is 0 Å². The molecule has 0 saturated carbocycles. The largest absolute Gasteiger partial charge is 0.480 e. The maximum absolute atomic E-state index is 11.7. The lowest BCUT2D eigenvalue weighted by Gasteiger charge is -2.34. The molecule has 0 radical (unpaired) electrons. The van der Waals surface area contributed by atoms with Crippen molar-refractivity contribution in [3.8, 4) is 0 Å². The molecule has 17 nitrogen and oxygen atoms in total. The van der Waals surface area contributed by atoms with Crippen molar-refractivity contribution >= 4 is 41.5 Å². The minimum Gasteiger partial charge on any atom is -0.480 e. The summed E-state index contributed by atoms with van der Waals surface area (Å²) < 4.78 is 0. The summed E-state index contributed by atoms with van der Waals surface area (Å²) >= 11 is 0. The number of hydrogen-bond donors (Lipinski definition) is 7. The Labute approximate surface area is 240 Å². The lowest BCUT2D eigenvalue weighted by molar-refractivity contribution is -0.145. The molecule has 0 bridgehead atoms. The summed E-state index contributed by atoms with van der Waals surface area (Å²) in [6.45, 7) is -3.80. The molecule has 234 valence electrons. The average molecular weight is 600 g/mol. The van der Waals surface area contributed by atoms with Crippen LogP contribution in [-0.2, 0) is 35.2 Å². The van der Waals surface area contributed by atoms with E-state index in [0.717, 1.165) is 4.90 Å². The van der Waals surface area contributed by atoms with E-state index in [1.54, 1.807) is 24.3 Å². The van der Waals surface area contributed by atoms with E-state index >= 15 is 0 Å². The highest BCUT2D eigenvalue weighted by atomic mass is 16.4. The van der Waals surface area contributed by atoms with Gasteiger partial charge in [-0.3, -0.25) is 48.4 Å². The van der Waals surface area contributed by atoms with E-state index in [1.165, 1.54) is 14.7 Å². The van der Waals surface area contributed by atoms with E-state index in [1.807, 2.05) is 0 Å². The summed E-state index contributed by atoms with van der Waals surface area (Å²) in [6.07, 6.45) is 0.148. The van der Waals surface area contributed by atoms with Crippen LogP contribution in [0.4, 0.5) is 5.69 Å². The number of nitrogens with two attached hydrogens (primary N) is 1. The van der Waals surface area contributed by atoms with Crippen molar-refractivity contribution in [1.29, 1.82) is 0 Å². The lowest BCUT2D eigenvalue weighted by atomic mass is 10.0. The van der Waals surface area contributed by atoms with Gasteiger partial charge in [0, 0.05) is 44.5 Å². The van der Waals surface area contributed by atoms with Crippen LogP contribution in [0.15, 0.2) is 24.3 Å². The van der Waals surface area contributed by atoms with Gasteiger partial charge < -0.3 is 36.4 Å². The molecule has 0 heterocycles. The van der Waals surface area contributed by atoms with Gasteiger partial charge in [-0.2, -0.15) is 0 Å². The molecule has 1 aromatic carbocycles. The molecular weight excluding hydrogens is 562 g/mol. The average Bonchev–Trinajstić information content (AvgIpc) is 2.84. The zero-order valence-electron chi connectivity index (χ0n) is 22.9. The summed E-state index contributed by atoms with van der Waals surface area (Å²) in [5.74, 6) is -7.58. The summed E-state index contributed by atoms with van der Waals surface area (Å²) in [7, 11) is 0. The van der Waals surface area contributed by atoms with E-state index in [9.17, 15) is 49.2 Å². The van der Waals surface area contributed by atoms with Crippen molar-refractivity contribution in [2.45, 2.75) is 12.5 Å². The maximum atomic E-state index is 11.7. The van der Waals surface area contributed by atoms with Crippen molar-refractivity contribution in [3.05, 3.63) is 29.8 Å². The van der Waals surface area contributed by atoms with Gasteiger partial charge in [-0.1, -0.05) is 12.1 Å². The molecule has 0 aliphatic rings. The van der Waals surface area contributed by atoms with E-state index in [2.05, 4.69) is 0 Å². The number of aliphatic carboxylic acids is 6. The topological polar surface area (TPSA) is 263 Å². The van der Waals surface area contributed by atoms with Gasteiger partial charge in [0.2, 0.25) is 0 Å². The molecule has 0 saturated heterocycles. The Morgan fingerprint density at radius 2 is 0.905 bits per heavy atom. The molecule has 1 rings (SSSR count). The van der Waals surface area contributed by atoms with Crippen LogP contribution in [0.1, 0.15) is 5.56 Å². The molecular formula is C25H37N5O12. The molecule has 0 unspecified atom stereocenters. The number of nitrogens with zero attached hydrogens (tertiary/aromatic N) is 4. The molecule has 42 heavy (non-hydrogen) atoms. The van der Waals surface area contributed by atoms with Gasteiger partial charge in [0.15, 0.2) is 0 Å². The zero-order valence-corrected chi connectivity index (χ0v) is 22.9. The Hall–Kier alpha value is -4.32. The molecule has 0 aliphatic heterocycles. The molecule has 8 N–H and O–H groups in total. The quantitative estimate of drug-likeness (QED) is 0.0664. The van der Waals surface area contributed by atoms with Gasteiger partial charge in [-0.15, -0.1) is 0 Å². The molecule has 1 aromatic rings. The van der Waals surface area contributed by atoms with E-state index in [4.69, 9.17) is 15.9 Å². The number of rotatable bonds is 23. The first-order valence-electron chi connectivity index (χ1n) is 12.7. The van der Waals surface area contributed by atoms with Crippen LogP contribution in [0.25, 0.3) is 0 Å². The summed E-state index contributed by atoms with van der Waals surface area (Å²) in [5, 5.41) is 55.7. The van der Waals surface area contributed by atoms with Gasteiger partial charge in [0.1, 0.15) is 0 Å². The molecule has 0 spiro atoms. The highest BCUT2D eigenvalue weighted by molar-refractivity contribution is 5.73. The standard InChI is InChI=1S/C25H37N5O12/c26-18-3-1-17(2-4-18)9-19(30(15-24(39)40)16-25(41)42)10-28(12-21(33)34)7-5-27(11-20(31)32)6-8-29(13-22(35)36)14-23(37)38/h1-4,19H,5-16,26H2,(H,31,32)(H,33,34)(H,35,36)(H,37,38)(H,39,40)(H,41,42)/t19-/m0/s1. The number of nitrogen functional groups attached to an aromatic ring is 1. The van der Waals surface area contributed by atoms with Gasteiger partial charge in [0.05, 0.1) is 39.3 Å². The van der Waals surface area contributed by atoms with Gasteiger partial charge in [-0.25, -0.2) is 0 Å². The molecule has 0 aromatic heterocycles. The van der Waals surface area contributed by atoms with Gasteiger partial charge in [0.25, 0.3) is 0 Å². The van der Waals surface area contributed by atoms with Crippen LogP contribution < -0.4 is 5.73 Å². The Bertz CT molecular complexity index is 1050. The molecule has 17 heteroatoms. The second-order valence-corrected chi connectivity index (χ2v) is 9.59. The molecule has 0 aliphatic carbocycles. The van der Waals surface area contributed by atoms with Crippen molar-refractivity contribution in [3.63, 3.8) is 0 Å². The lowest BCUT2D eigenvalue weighted by Crippen LogP contribution is -2.51. The number of carbonyl (C=O) groups is 6. The summed E-state index contributed by atoms with van der Waals surface area (Å²) in [5.41, 5.74) is 6.89. The van der Waals surface area contributed by atoms with E-state index < -0.39 is 81.1 Å². The fourth-order valence-electron chi connectivity index (χ4n) is 4.24. The van der Waals surface area contributed by atoms with Crippen LogP contribution >= 0.6 is 0 Å². The number of carboxylic acid groups (broad SMARTS) is 6. The second-order valence-electron chi connectivity index (χ2n) is 9.59. The normalized spacial score (nSPS) is 12.1. The Morgan fingerprint density at radius 3 is 1.33 bits per heavy atom. The van der Waals surface area contributed by atoms with Gasteiger partial charge in [-0.05, 0) is 24.1 Å². The first kappa shape index (κ1) is 35.7. The maximum Gasteiger partial charge on any atom is 0.317 e. The predicted octanol–water partition coefficient (Wildman–Crippen LogP) is -2.10. The first-order valence-corrected chi connectivity index (χ1v) is 12.7. The summed E-state index contributed by atoms with van der Waals surface area (Å²) in [4.78, 5) is 73.5. The first-order chi connectivity index (χ1) is 19.6. The molecule has 0 fully saturated rings. The van der Waals surface area contributed by atoms with Crippen molar-refractivity contribution in [2.75, 3.05) is 77.7 Å². The monoisotopic (exact) mass is 599 g/mol. The number of carboxylic acids is 6. The Morgan fingerprint density at radius 1 is 0.548 bits per heavy atom. The van der Waals surface area contributed by atoms with Gasteiger partial charge >= 0.3 is 35.8 Å².